The molecule has 0 fully saturated rings. The van der Waals surface area contributed by atoms with Gasteiger partial charge in [-0.3, -0.25) is 14.7 Å². The Kier molecular flexibility index (Phi) is 5.44. The molecule has 0 atom stereocenters. The number of rotatable bonds is 4. The van der Waals surface area contributed by atoms with E-state index in [9.17, 15) is 4.79 Å². The molecule has 0 N–H and O–H groups in total. The number of thiazole rings is 1. The number of hydrogen-bond acceptors (Lipinski definition) is 4. The van der Waals surface area contributed by atoms with Crippen molar-refractivity contribution in [1.82, 2.24) is 9.97 Å². The molecule has 0 saturated heterocycles. The molecule has 0 bridgehead atoms. The average Bonchev–Trinajstić information content (AvgIpc) is 3.16. The molecule has 0 saturated carbocycles. The van der Waals surface area contributed by atoms with Crippen LogP contribution in [0.25, 0.3) is 10.2 Å². The molecule has 0 radical (unpaired) electrons. The molecule has 0 spiro atoms. The molecule has 2 aromatic carbocycles. The van der Waals surface area contributed by atoms with Gasteiger partial charge in [0.2, 0.25) is 0 Å². The highest BCUT2D eigenvalue weighted by atomic mass is 79.9. The fourth-order valence-electron chi connectivity index (χ4n) is 2.83. The van der Waals surface area contributed by atoms with Gasteiger partial charge in [-0.1, -0.05) is 51.0 Å². The van der Waals surface area contributed by atoms with Crippen LogP contribution >= 0.6 is 38.9 Å². The lowest BCUT2D eigenvalue weighted by atomic mass is 10.2. The molecule has 4 nitrogen and oxygen atoms in total. The maximum absolute atomic E-state index is 13.3. The summed E-state index contributed by atoms with van der Waals surface area (Å²) in [7, 11) is 0. The van der Waals surface area contributed by atoms with Crippen LogP contribution in [-0.2, 0) is 6.54 Å². The predicted octanol–water partition coefficient (Wildman–Crippen LogP) is 6.26. The summed E-state index contributed by atoms with van der Waals surface area (Å²) in [4.78, 5) is 24.1. The van der Waals surface area contributed by atoms with Crippen molar-refractivity contribution < 1.29 is 4.79 Å². The zero-order valence-corrected chi connectivity index (χ0v) is 18.1. The van der Waals surface area contributed by atoms with Crippen molar-refractivity contribution in [2.75, 3.05) is 4.90 Å². The van der Waals surface area contributed by atoms with Crippen molar-refractivity contribution in [3.8, 4) is 0 Å². The fraction of sp³-hybridized carbons (Fsp3) is 0.0952. The van der Waals surface area contributed by atoms with Crippen LogP contribution in [0.5, 0.6) is 0 Å². The Morgan fingerprint density at radius 2 is 1.93 bits per heavy atom. The van der Waals surface area contributed by atoms with Crippen LogP contribution in [0.3, 0.4) is 0 Å². The summed E-state index contributed by atoms with van der Waals surface area (Å²) in [5, 5.41) is 1.24. The largest absolute Gasteiger partial charge is 0.278 e. The minimum absolute atomic E-state index is 0.133. The smallest absolute Gasteiger partial charge is 0.260 e. The molecule has 4 rings (SSSR count). The predicted molar refractivity (Wildman–Crippen MR) is 118 cm³/mol. The summed E-state index contributed by atoms with van der Waals surface area (Å²) in [5.74, 6) is -0.133. The lowest BCUT2D eigenvalue weighted by Crippen LogP contribution is -2.30. The second kappa shape index (κ2) is 7.99. The van der Waals surface area contributed by atoms with Gasteiger partial charge in [-0.2, -0.15) is 0 Å². The SMILES string of the molecule is Cc1ccc(Cl)c2sc(N(Cc3ccccn3)C(=O)c3ccc(Br)cc3)nc12. The molecule has 4 aromatic rings. The number of aryl methyl sites for hydroxylation is 1. The number of hydrogen-bond donors (Lipinski definition) is 0. The fourth-order valence-corrected chi connectivity index (χ4v) is 4.41. The molecule has 2 heterocycles. The first kappa shape index (κ1) is 19.1. The van der Waals surface area contributed by atoms with E-state index in [1.54, 1.807) is 23.2 Å². The average molecular weight is 473 g/mol. The number of pyridine rings is 1. The second-order valence-electron chi connectivity index (χ2n) is 6.26. The molecule has 7 heteroatoms. The van der Waals surface area contributed by atoms with Crippen molar-refractivity contribution >= 4 is 60.1 Å². The van der Waals surface area contributed by atoms with Crippen molar-refractivity contribution in [3.63, 3.8) is 0 Å². The van der Waals surface area contributed by atoms with Gasteiger partial charge in [-0.15, -0.1) is 0 Å². The summed E-state index contributed by atoms with van der Waals surface area (Å²) in [6.45, 7) is 2.31. The number of carbonyl (C=O) groups excluding carboxylic acids is 1. The lowest BCUT2D eigenvalue weighted by molar-refractivity contribution is 0.0985. The van der Waals surface area contributed by atoms with E-state index in [1.165, 1.54) is 11.3 Å². The zero-order chi connectivity index (χ0) is 19.7. The second-order valence-corrected chi connectivity index (χ2v) is 8.56. The van der Waals surface area contributed by atoms with Crippen molar-refractivity contribution in [1.29, 1.82) is 0 Å². The maximum atomic E-state index is 13.3. The van der Waals surface area contributed by atoms with Gasteiger partial charge in [0.1, 0.15) is 0 Å². The zero-order valence-electron chi connectivity index (χ0n) is 14.9. The van der Waals surface area contributed by atoms with Crippen LogP contribution in [0, 0.1) is 6.92 Å². The van der Waals surface area contributed by atoms with E-state index >= 15 is 0 Å². The van der Waals surface area contributed by atoms with E-state index in [0.29, 0.717) is 22.3 Å². The summed E-state index contributed by atoms with van der Waals surface area (Å²) in [6, 6.07) is 16.8. The summed E-state index contributed by atoms with van der Waals surface area (Å²) in [5.41, 5.74) is 3.22. The molecule has 0 unspecified atom stereocenters. The summed E-state index contributed by atoms with van der Waals surface area (Å²) < 4.78 is 1.80. The number of anilines is 1. The Morgan fingerprint density at radius 1 is 1.14 bits per heavy atom. The van der Waals surface area contributed by atoms with E-state index in [0.717, 1.165) is 25.9 Å². The highest BCUT2D eigenvalue weighted by Crippen LogP contribution is 2.36. The van der Waals surface area contributed by atoms with Gasteiger partial charge < -0.3 is 0 Å². The minimum atomic E-state index is -0.133. The van der Waals surface area contributed by atoms with E-state index < -0.39 is 0 Å². The van der Waals surface area contributed by atoms with Gasteiger partial charge in [0.05, 0.1) is 27.5 Å². The number of nitrogens with zero attached hydrogens (tertiary/aromatic N) is 3. The van der Waals surface area contributed by atoms with Crippen molar-refractivity contribution in [3.05, 3.63) is 87.1 Å². The first-order chi connectivity index (χ1) is 13.5. The molecule has 1 amide bonds. The van der Waals surface area contributed by atoms with E-state index in [-0.39, 0.29) is 5.91 Å². The van der Waals surface area contributed by atoms with Gasteiger partial charge >= 0.3 is 0 Å². The van der Waals surface area contributed by atoms with Crippen LogP contribution in [-0.4, -0.2) is 15.9 Å². The highest BCUT2D eigenvalue weighted by Gasteiger charge is 2.23. The van der Waals surface area contributed by atoms with E-state index in [2.05, 4.69) is 20.9 Å². The Bertz CT molecular complexity index is 1110. The minimum Gasteiger partial charge on any atom is -0.278 e. The standard InChI is InChI=1S/C21H15BrClN3OS/c1-13-5-10-17(23)19-18(13)25-21(28-19)26(12-16-4-2-3-11-24-16)20(27)14-6-8-15(22)9-7-14/h2-11H,12H2,1H3. The third-order valence-electron chi connectivity index (χ3n) is 4.30. The Morgan fingerprint density at radius 3 is 2.61 bits per heavy atom. The molecule has 2 aromatic heterocycles. The van der Waals surface area contributed by atoms with Gasteiger partial charge in [-0.25, -0.2) is 4.98 Å². The Hall–Kier alpha value is -2.28. The molecule has 0 aliphatic carbocycles. The number of fused-ring (bicyclic) bond motifs is 1. The molecule has 0 aliphatic heterocycles. The molecule has 140 valence electrons. The van der Waals surface area contributed by atoms with Crippen molar-refractivity contribution in [2.24, 2.45) is 0 Å². The summed E-state index contributed by atoms with van der Waals surface area (Å²) in [6.07, 6.45) is 1.72. The van der Waals surface area contributed by atoms with Gasteiger partial charge in [0.25, 0.3) is 5.91 Å². The third-order valence-corrected chi connectivity index (χ3v) is 6.37. The number of carbonyl (C=O) groups is 1. The molecule has 0 aliphatic rings. The number of benzene rings is 2. The molecular weight excluding hydrogens is 458 g/mol. The van der Waals surface area contributed by atoms with Crippen LogP contribution < -0.4 is 4.90 Å². The third kappa shape index (κ3) is 3.81. The van der Waals surface area contributed by atoms with Gasteiger partial charge in [0, 0.05) is 16.2 Å². The van der Waals surface area contributed by atoms with Crippen molar-refractivity contribution in [2.45, 2.75) is 13.5 Å². The van der Waals surface area contributed by atoms with Gasteiger partial charge in [0.15, 0.2) is 5.13 Å². The normalized spacial score (nSPS) is 11.0. The van der Waals surface area contributed by atoms with E-state index in [4.69, 9.17) is 16.6 Å². The van der Waals surface area contributed by atoms with Crippen LogP contribution in [0.15, 0.2) is 65.3 Å². The van der Waals surface area contributed by atoms with Gasteiger partial charge in [-0.05, 0) is 55.0 Å². The highest BCUT2D eigenvalue weighted by molar-refractivity contribution is 9.10. The monoisotopic (exact) mass is 471 g/mol. The number of aromatic nitrogens is 2. The van der Waals surface area contributed by atoms with Crippen LogP contribution in [0.1, 0.15) is 21.6 Å². The lowest BCUT2D eigenvalue weighted by Gasteiger charge is -2.19. The topological polar surface area (TPSA) is 46.1 Å². The first-order valence-electron chi connectivity index (χ1n) is 8.56. The maximum Gasteiger partial charge on any atom is 0.260 e. The van der Waals surface area contributed by atoms with E-state index in [1.807, 2.05) is 49.4 Å². The number of amides is 1. The van der Waals surface area contributed by atoms with Crippen LogP contribution in [0.2, 0.25) is 5.02 Å². The first-order valence-corrected chi connectivity index (χ1v) is 10.5. The van der Waals surface area contributed by atoms with Crippen LogP contribution in [0.4, 0.5) is 5.13 Å². The Labute approximate surface area is 179 Å². The quantitative estimate of drug-likeness (QED) is 0.352. The molecule has 28 heavy (non-hydrogen) atoms. The summed E-state index contributed by atoms with van der Waals surface area (Å²) >= 11 is 11.2. The number of halogens is 2. The Balaban J connectivity index is 1.80. The molecular formula is C21H15BrClN3OS.